The van der Waals surface area contributed by atoms with E-state index in [-0.39, 0.29) is 5.91 Å². The Labute approximate surface area is 170 Å². The molecule has 3 amide bonds. The molecule has 2 aromatic carbocycles. The molecule has 1 heterocycles. The van der Waals surface area contributed by atoms with Crippen LogP contribution in [0.2, 0.25) is 5.02 Å². The van der Waals surface area contributed by atoms with Gasteiger partial charge >= 0.3 is 0 Å². The van der Waals surface area contributed by atoms with E-state index in [1.807, 2.05) is 31.2 Å². The van der Waals surface area contributed by atoms with Crippen molar-refractivity contribution in [2.45, 2.75) is 19.8 Å². The summed E-state index contributed by atoms with van der Waals surface area (Å²) >= 11 is 7.52. The molecular formula is C20H18ClN3O3S. The van der Waals surface area contributed by atoms with E-state index in [0.29, 0.717) is 27.6 Å². The number of benzene rings is 2. The zero-order valence-electron chi connectivity index (χ0n) is 15.0. The Morgan fingerprint density at radius 3 is 2.32 bits per heavy atom. The summed E-state index contributed by atoms with van der Waals surface area (Å²) in [4.78, 5) is 36.5. The lowest BCUT2D eigenvalue weighted by atomic mass is 10.2. The Bertz CT molecular complexity index is 1030. The molecule has 0 spiro atoms. The van der Waals surface area contributed by atoms with Crippen LogP contribution in [-0.2, 0) is 4.79 Å². The van der Waals surface area contributed by atoms with Crippen molar-refractivity contribution in [1.82, 2.24) is 10.9 Å². The Morgan fingerprint density at radius 2 is 1.64 bits per heavy atom. The van der Waals surface area contributed by atoms with Crippen LogP contribution in [0.1, 0.15) is 39.8 Å². The van der Waals surface area contributed by atoms with E-state index in [4.69, 9.17) is 11.6 Å². The van der Waals surface area contributed by atoms with Crippen molar-refractivity contribution in [2.75, 3.05) is 5.32 Å². The van der Waals surface area contributed by atoms with Crippen LogP contribution in [0.25, 0.3) is 10.1 Å². The van der Waals surface area contributed by atoms with Gasteiger partial charge in [0.25, 0.3) is 11.8 Å². The average molecular weight is 416 g/mol. The molecular weight excluding hydrogens is 398 g/mol. The van der Waals surface area contributed by atoms with E-state index < -0.39 is 11.8 Å². The third-order valence-corrected chi connectivity index (χ3v) is 5.61. The SMILES string of the molecule is CCCC(=O)Nc1ccc(C(=O)NNC(=O)c2sc3ccccc3c2Cl)cc1. The standard InChI is InChI=1S/C20H18ClN3O3S/c1-2-5-16(25)22-13-10-8-12(9-11-13)19(26)23-24-20(27)18-17(21)14-6-3-4-7-15(14)28-18/h3-4,6-11H,2,5H2,1H3,(H,22,25)(H,23,26)(H,24,27). The van der Waals surface area contributed by atoms with Crippen molar-refractivity contribution in [1.29, 1.82) is 0 Å². The van der Waals surface area contributed by atoms with Crippen LogP contribution in [0.15, 0.2) is 48.5 Å². The molecule has 3 aromatic rings. The largest absolute Gasteiger partial charge is 0.326 e. The minimum absolute atomic E-state index is 0.0767. The van der Waals surface area contributed by atoms with Gasteiger partial charge in [-0.25, -0.2) is 0 Å². The molecule has 0 fully saturated rings. The number of nitrogens with one attached hydrogen (secondary N) is 3. The third-order valence-electron chi connectivity index (χ3n) is 3.94. The van der Waals surface area contributed by atoms with Crippen LogP contribution in [0.4, 0.5) is 5.69 Å². The van der Waals surface area contributed by atoms with E-state index in [2.05, 4.69) is 16.2 Å². The molecule has 0 aliphatic rings. The lowest BCUT2D eigenvalue weighted by molar-refractivity contribution is -0.116. The Morgan fingerprint density at radius 1 is 0.964 bits per heavy atom. The number of fused-ring (bicyclic) bond motifs is 1. The van der Waals surface area contributed by atoms with Gasteiger partial charge in [-0.2, -0.15) is 0 Å². The monoisotopic (exact) mass is 415 g/mol. The second-order valence-electron chi connectivity index (χ2n) is 6.03. The Hall–Kier alpha value is -2.90. The Balaban J connectivity index is 1.61. The van der Waals surface area contributed by atoms with Gasteiger partial charge in [-0.05, 0) is 36.8 Å². The number of hydrazine groups is 1. The molecule has 8 heteroatoms. The van der Waals surface area contributed by atoms with Crippen molar-refractivity contribution in [3.8, 4) is 0 Å². The molecule has 144 valence electrons. The molecule has 0 saturated carbocycles. The van der Waals surface area contributed by atoms with E-state index in [9.17, 15) is 14.4 Å². The maximum Gasteiger partial charge on any atom is 0.281 e. The van der Waals surface area contributed by atoms with E-state index >= 15 is 0 Å². The van der Waals surface area contributed by atoms with Crippen LogP contribution >= 0.6 is 22.9 Å². The molecule has 6 nitrogen and oxygen atoms in total. The van der Waals surface area contributed by atoms with E-state index in [0.717, 1.165) is 16.5 Å². The van der Waals surface area contributed by atoms with Crippen LogP contribution in [-0.4, -0.2) is 17.7 Å². The van der Waals surface area contributed by atoms with Gasteiger partial charge in [-0.1, -0.05) is 36.7 Å². The van der Waals surface area contributed by atoms with E-state index in [1.54, 1.807) is 24.3 Å². The number of thiophene rings is 1. The number of carbonyl (C=O) groups is 3. The topological polar surface area (TPSA) is 87.3 Å². The molecule has 0 atom stereocenters. The van der Waals surface area contributed by atoms with Crippen LogP contribution < -0.4 is 16.2 Å². The lowest BCUT2D eigenvalue weighted by Crippen LogP contribution is -2.41. The number of rotatable bonds is 5. The number of halogens is 1. The number of anilines is 1. The number of carbonyl (C=O) groups excluding carboxylic acids is 3. The molecule has 0 bridgehead atoms. The number of hydrogen-bond donors (Lipinski definition) is 3. The molecule has 0 saturated heterocycles. The highest BCUT2D eigenvalue weighted by atomic mass is 35.5. The van der Waals surface area contributed by atoms with Crippen molar-refractivity contribution in [3.05, 3.63) is 64.0 Å². The minimum Gasteiger partial charge on any atom is -0.326 e. The average Bonchev–Trinajstić information content (AvgIpc) is 3.03. The summed E-state index contributed by atoms with van der Waals surface area (Å²) in [6, 6.07) is 13.8. The summed E-state index contributed by atoms with van der Waals surface area (Å²) in [5.74, 6) is -1.04. The van der Waals surface area contributed by atoms with Crippen LogP contribution in [0, 0.1) is 0 Å². The fourth-order valence-corrected chi connectivity index (χ4v) is 3.97. The zero-order valence-corrected chi connectivity index (χ0v) is 16.6. The normalized spacial score (nSPS) is 10.5. The smallest absolute Gasteiger partial charge is 0.281 e. The molecule has 0 radical (unpaired) electrons. The summed E-state index contributed by atoms with van der Waals surface area (Å²) < 4.78 is 0.893. The summed E-state index contributed by atoms with van der Waals surface area (Å²) in [5, 5.41) is 3.90. The van der Waals surface area contributed by atoms with Crippen LogP contribution in [0.3, 0.4) is 0 Å². The highest BCUT2D eigenvalue weighted by Crippen LogP contribution is 2.34. The first-order valence-corrected chi connectivity index (χ1v) is 9.86. The fraction of sp³-hybridized carbons (Fsp3) is 0.150. The van der Waals surface area contributed by atoms with E-state index in [1.165, 1.54) is 11.3 Å². The van der Waals surface area contributed by atoms with Gasteiger partial charge in [0.2, 0.25) is 5.91 Å². The first-order chi connectivity index (χ1) is 13.5. The Kier molecular flexibility index (Phi) is 6.28. The predicted octanol–water partition coefficient (Wildman–Crippen LogP) is 4.37. The second-order valence-corrected chi connectivity index (χ2v) is 7.46. The van der Waals surface area contributed by atoms with Gasteiger partial charge in [-0.3, -0.25) is 25.2 Å². The predicted molar refractivity (Wildman–Crippen MR) is 112 cm³/mol. The van der Waals surface area contributed by atoms with Gasteiger partial charge in [0.1, 0.15) is 4.88 Å². The van der Waals surface area contributed by atoms with Crippen molar-refractivity contribution >= 4 is 56.4 Å². The lowest BCUT2D eigenvalue weighted by Gasteiger charge is -2.08. The second kappa shape index (κ2) is 8.86. The first kappa shape index (κ1) is 19.9. The maximum absolute atomic E-state index is 12.4. The summed E-state index contributed by atoms with van der Waals surface area (Å²) in [6.07, 6.45) is 1.20. The molecule has 3 N–H and O–H groups in total. The molecule has 0 unspecified atom stereocenters. The quantitative estimate of drug-likeness (QED) is 0.541. The number of amides is 3. The maximum atomic E-state index is 12.4. The summed E-state index contributed by atoms with van der Waals surface area (Å²) in [6.45, 7) is 1.92. The van der Waals surface area contributed by atoms with Crippen molar-refractivity contribution in [2.24, 2.45) is 0 Å². The zero-order chi connectivity index (χ0) is 20.1. The van der Waals surface area contributed by atoms with Crippen molar-refractivity contribution < 1.29 is 14.4 Å². The molecule has 0 aliphatic heterocycles. The molecule has 0 aliphatic carbocycles. The number of hydrogen-bond acceptors (Lipinski definition) is 4. The fourth-order valence-electron chi connectivity index (χ4n) is 2.56. The van der Waals surface area contributed by atoms with Gasteiger partial charge in [0.05, 0.1) is 5.02 Å². The summed E-state index contributed by atoms with van der Waals surface area (Å²) in [5.41, 5.74) is 5.70. The highest BCUT2D eigenvalue weighted by Gasteiger charge is 2.17. The highest BCUT2D eigenvalue weighted by molar-refractivity contribution is 7.21. The molecule has 28 heavy (non-hydrogen) atoms. The van der Waals surface area contributed by atoms with Crippen LogP contribution in [0.5, 0.6) is 0 Å². The summed E-state index contributed by atoms with van der Waals surface area (Å²) in [7, 11) is 0. The van der Waals surface area contributed by atoms with Crippen molar-refractivity contribution in [3.63, 3.8) is 0 Å². The van der Waals surface area contributed by atoms with Gasteiger partial charge < -0.3 is 5.32 Å². The molecule has 1 aromatic heterocycles. The minimum atomic E-state index is -0.483. The van der Waals surface area contributed by atoms with Gasteiger partial charge in [0, 0.05) is 27.8 Å². The first-order valence-electron chi connectivity index (χ1n) is 8.67. The molecule has 3 rings (SSSR count). The van der Waals surface area contributed by atoms with Gasteiger partial charge in [0.15, 0.2) is 0 Å². The third kappa shape index (κ3) is 4.49. The van der Waals surface area contributed by atoms with Gasteiger partial charge in [-0.15, -0.1) is 11.3 Å².